The molecule has 90 valence electrons. The van der Waals surface area contributed by atoms with E-state index in [1.54, 1.807) is 0 Å². The van der Waals surface area contributed by atoms with Gasteiger partial charge in [-0.3, -0.25) is 0 Å². The summed E-state index contributed by atoms with van der Waals surface area (Å²) in [6.45, 7) is 9.01. The van der Waals surface area contributed by atoms with Crippen molar-refractivity contribution in [2.75, 3.05) is 0 Å². The van der Waals surface area contributed by atoms with Crippen molar-refractivity contribution in [3.63, 3.8) is 0 Å². The molecule has 1 nitrogen and oxygen atoms in total. The molecule has 0 N–H and O–H groups in total. The van der Waals surface area contributed by atoms with Gasteiger partial charge in [0.05, 0.1) is 0 Å². The van der Waals surface area contributed by atoms with E-state index in [1.807, 2.05) is 0 Å². The van der Waals surface area contributed by atoms with E-state index in [2.05, 4.69) is 20.4 Å². The Hall–Kier alpha value is -0.590. The van der Waals surface area contributed by atoms with Crippen molar-refractivity contribution < 1.29 is 4.79 Å². The molecule has 0 aliphatic heterocycles. The minimum atomic E-state index is 0.308. The highest BCUT2D eigenvalue weighted by Crippen LogP contribution is 2.56. The van der Waals surface area contributed by atoms with Crippen LogP contribution < -0.4 is 0 Å². The SMILES string of the molecule is C=C1CCC[C@H](C=O)CC[C@@H]2[C@@H]1CC2(C)C. The van der Waals surface area contributed by atoms with Crippen LogP contribution in [0.5, 0.6) is 0 Å². The first-order valence-electron chi connectivity index (χ1n) is 6.67. The molecule has 0 radical (unpaired) electrons. The van der Waals surface area contributed by atoms with E-state index in [1.165, 1.54) is 24.7 Å². The van der Waals surface area contributed by atoms with Crippen LogP contribution in [0.25, 0.3) is 0 Å². The molecule has 2 fully saturated rings. The molecule has 1 heteroatoms. The van der Waals surface area contributed by atoms with Gasteiger partial charge < -0.3 is 4.79 Å². The monoisotopic (exact) mass is 220 g/mol. The Balaban J connectivity index is 2.07. The Bertz CT molecular complexity index is 290. The molecule has 0 aromatic heterocycles. The van der Waals surface area contributed by atoms with Gasteiger partial charge in [0.1, 0.15) is 6.29 Å². The lowest BCUT2D eigenvalue weighted by atomic mass is 9.52. The maximum absolute atomic E-state index is 11.0. The number of hydrogen-bond acceptors (Lipinski definition) is 1. The van der Waals surface area contributed by atoms with E-state index >= 15 is 0 Å². The minimum absolute atomic E-state index is 0.308. The molecule has 2 aliphatic rings. The van der Waals surface area contributed by atoms with E-state index in [9.17, 15) is 4.79 Å². The van der Waals surface area contributed by atoms with Crippen LogP contribution in [0.15, 0.2) is 12.2 Å². The number of rotatable bonds is 1. The summed E-state index contributed by atoms with van der Waals surface area (Å²) < 4.78 is 0. The predicted molar refractivity (Wildman–Crippen MR) is 67.2 cm³/mol. The Kier molecular flexibility index (Phi) is 3.23. The average molecular weight is 220 g/mol. The lowest BCUT2D eigenvalue weighted by Crippen LogP contribution is -2.44. The number of allylic oxidation sites excluding steroid dienone is 1. The largest absolute Gasteiger partial charge is 0.303 e. The van der Waals surface area contributed by atoms with Crippen LogP contribution >= 0.6 is 0 Å². The van der Waals surface area contributed by atoms with Crippen LogP contribution in [0, 0.1) is 23.2 Å². The molecule has 0 saturated heterocycles. The summed E-state index contributed by atoms with van der Waals surface area (Å²) in [7, 11) is 0. The van der Waals surface area contributed by atoms with Gasteiger partial charge in [0.2, 0.25) is 0 Å². The Morgan fingerprint density at radius 1 is 1.31 bits per heavy atom. The first kappa shape index (κ1) is 11.9. The molecule has 0 heterocycles. The molecule has 0 aromatic rings. The molecular weight excluding hydrogens is 196 g/mol. The summed E-state index contributed by atoms with van der Waals surface area (Å²) in [6.07, 6.45) is 8.17. The number of carbonyl (C=O) groups is 1. The maximum atomic E-state index is 11.0. The van der Waals surface area contributed by atoms with Crippen molar-refractivity contribution in [2.24, 2.45) is 23.2 Å². The fraction of sp³-hybridized carbons (Fsp3) is 0.800. The number of fused-ring (bicyclic) bond motifs is 1. The zero-order chi connectivity index (χ0) is 11.8. The zero-order valence-electron chi connectivity index (χ0n) is 10.7. The molecule has 3 atom stereocenters. The van der Waals surface area contributed by atoms with Gasteiger partial charge in [0, 0.05) is 5.92 Å². The molecule has 0 bridgehead atoms. The van der Waals surface area contributed by atoms with Gasteiger partial charge in [-0.15, -0.1) is 0 Å². The Morgan fingerprint density at radius 2 is 2.06 bits per heavy atom. The van der Waals surface area contributed by atoms with Crippen LogP contribution in [-0.2, 0) is 4.79 Å². The Labute approximate surface area is 99.3 Å². The third-order valence-electron chi connectivity index (χ3n) is 4.87. The van der Waals surface area contributed by atoms with Crippen molar-refractivity contribution in [1.82, 2.24) is 0 Å². The van der Waals surface area contributed by atoms with E-state index in [-0.39, 0.29) is 0 Å². The summed E-state index contributed by atoms with van der Waals surface area (Å²) >= 11 is 0. The zero-order valence-corrected chi connectivity index (χ0v) is 10.7. The van der Waals surface area contributed by atoms with Crippen LogP contribution in [0.1, 0.15) is 52.4 Å². The molecular formula is C15H24O. The molecule has 0 amide bonds. The quantitative estimate of drug-likeness (QED) is 0.482. The van der Waals surface area contributed by atoms with E-state index in [0.29, 0.717) is 11.3 Å². The second-order valence-electron chi connectivity index (χ2n) is 6.43. The molecule has 0 aromatic carbocycles. The fourth-order valence-corrected chi connectivity index (χ4v) is 3.72. The first-order chi connectivity index (χ1) is 7.54. The van der Waals surface area contributed by atoms with Gasteiger partial charge >= 0.3 is 0 Å². The van der Waals surface area contributed by atoms with Crippen molar-refractivity contribution in [2.45, 2.75) is 52.4 Å². The summed E-state index contributed by atoms with van der Waals surface area (Å²) in [5, 5.41) is 0. The van der Waals surface area contributed by atoms with Gasteiger partial charge in [0.15, 0.2) is 0 Å². The number of hydrogen-bond donors (Lipinski definition) is 0. The van der Waals surface area contributed by atoms with Crippen molar-refractivity contribution in [1.29, 1.82) is 0 Å². The van der Waals surface area contributed by atoms with Gasteiger partial charge in [-0.2, -0.15) is 0 Å². The van der Waals surface area contributed by atoms with Gasteiger partial charge in [-0.05, 0) is 55.8 Å². The molecule has 16 heavy (non-hydrogen) atoms. The molecule has 2 rings (SSSR count). The molecule has 2 aliphatic carbocycles. The van der Waals surface area contributed by atoms with Crippen LogP contribution in [-0.4, -0.2) is 6.29 Å². The minimum Gasteiger partial charge on any atom is -0.303 e. The second-order valence-corrected chi connectivity index (χ2v) is 6.43. The summed E-state index contributed by atoms with van der Waals surface area (Å²) in [5.74, 6) is 1.84. The van der Waals surface area contributed by atoms with Crippen LogP contribution in [0.4, 0.5) is 0 Å². The van der Waals surface area contributed by atoms with E-state index < -0.39 is 0 Å². The lowest BCUT2D eigenvalue weighted by molar-refractivity contribution is -0.111. The second kappa shape index (κ2) is 4.35. The molecule has 0 spiro atoms. The number of aldehydes is 1. The number of carbonyl (C=O) groups excluding carboxylic acids is 1. The highest BCUT2D eigenvalue weighted by atomic mass is 16.1. The van der Waals surface area contributed by atoms with Crippen molar-refractivity contribution >= 4 is 6.29 Å². The van der Waals surface area contributed by atoms with Crippen molar-refractivity contribution in [3.8, 4) is 0 Å². The third-order valence-corrected chi connectivity index (χ3v) is 4.87. The highest BCUT2D eigenvalue weighted by molar-refractivity contribution is 5.53. The van der Waals surface area contributed by atoms with Gasteiger partial charge in [-0.1, -0.05) is 26.0 Å². The smallest absolute Gasteiger partial charge is 0.123 e. The topological polar surface area (TPSA) is 17.1 Å². The Morgan fingerprint density at radius 3 is 2.69 bits per heavy atom. The molecule has 0 unspecified atom stereocenters. The summed E-state index contributed by atoms with van der Waals surface area (Å²) in [4.78, 5) is 11.0. The van der Waals surface area contributed by atoms with E-state index in [4.69, 9.17) is 0 Å². The summed E-state index contributed by atoms with van der Waals surface area (Å²) in [6, 6.07) is 0. The van der Waals surface area contributed by atoms with E-state index in [0.717, 1.165) is 37.5 Å². The predicted octanol–water partition coefficient (Wildman–Crippen LogP) is 3.98. The highest BCUT2D eigenvalue weighted by Gasteiger charge is 2.47. The average Bonchev–Trinajstić information content (AvgIpc) is 2.28. The fourth-order valence-electron chi connectivity index (χ4n) is 3.72. The molecule has 2 saturated carbocycles. The van der Waals surface area contributed by atoms with Crippen molar-refractivity contribution in [3.05, 3.63) is 12.2 Å². The van der Waals surface area contributed by atoms with Crippen LogP contribution in [0.3, 0.4) is 0 Å². The first-order valence-corrected chi connectivity index (χ1v) is 6.67. The summed E-state index contributed by atoms with van der Waals surface area (Å²) in [5.41, 5.74) is 1.93. The van der Waals surface area contributed by atoms with Gasteiger partial charge in [-0.25, -0.2) is 0 Å². The standard InChI is InChI=1S/C15H24O/c1-11-5-4-6-12(10-16)7-8-14-13(11)9-15(14,2)3/h10,12-14H,1,4-9H2,2-3H3/t12-,13+,14+/m0/s1. The van der Waals surface area contributed by atoms with Crippen LogP contribution in [0.2, 0.25) is 0 Å². The lowest BCUT2D eigenvalue weighted by Gasteiger charge is -2.53. The maximum Gasteiger partial charge on any atom is 0.123 e. The third kappa shape index (κ3) is 2.09. The normalized spacial score (nSPS) is 38.6. The van der Waals surface area contributed by atoms with Gasteiger partial charge in [0.25, 0.3) is 0 Å².